The molecule has 3 rings (SSSR count). The fraction of sp³-hybridized carbons (Fsp3) is 0.667. The number of hydrogen-bond acceptors (Lipinski definition) is 8. The third-order valence-corrected chi connectivity index (χ3v) is 4.49. The fourth-order valence-electron chi connectivity index (χ4n) is 3.29. The lowest BCUT2D eigenvalue weighted by molar-refractivity contribution is -0.237. The molecule has 1 aliphatic rings. The molecule has 28 heavy (non-hydrogen) atoms. The second kappa shape index (κ2) is 7.22. The topological polar surface area (TPSA) is 138 Å². The van der Waals surface area contributed by atoms with Gasteiger partial charge < -0.3 is 25.4 Å². The summed E-state index contributed by atoms with van der Waals surface area (Å²) in [6, 6.07) is 0. The van der Waals surface area contributed by atoms with Crippen molar-refractivity contribution in [3.63, 3.8) is 0 Å². The summed E-state index contributed by atoms with van der Waals surface area (Å²) in [6.07, 6.45) is -12.4. The van der Waals surface area contributed by atoms with Gasteiger partial charge in [-0.05, 0) is 6.42 Å². The lowest BCUT2D eigenvalue weighted by Gasteiger charge is -2.21. The maximum absolute atomic E-state index is 12.9. The molecule has 3 heterocycles. The van der Waals surface area contributed by atoms with Crippen LogP contribution in [0, 0.1) is 0 Å². The summed E-state index contributed by atoms with van der Waals surface area (Å²) in [5.41, 5.74) is 5.10. The van der Waals surface area contributed by atoms with Gasteiger partial charge in [-0.2, -0.15) is 23.1 Å². The van der Waals surface area contributed by atoms with E-state index in [0.717, 1.165) is 4.57 Å². The Kier molecular flexibility index (Phi) is 5.25. The van der Waals surface area contributed by atoms with Crippen LogP contribution in [0.15, 0.2) is 4.79 Å². The van der Waals surface area contributed by atoms with E-state index in [1.807, 2.05) is 6.92 Å². The van der Waals surface area contributed by atoms with E-state index in [1.165, 1.54) is 11.7 Å². The Bertz CT molecular complexity index is 927. The number of hydrogen-bond donors (Lipinski definition) is 3. The predicted octanol–water partition coefficient (Wildman–Crippen LogP) is 0.165. The van der Waals surface area contributed by atoms with Gasteiger partial charge in [0.25, 0.3) is 0 Å². The van der Waals surface area contributed by atoms with E-state index in [1.54, 1.807) is 0 Å². The second-order valence-corrected chi connectivity index (χ2v) is 6.42. The molecule has 1 saturated heterocycles. The molecule has 0 aromatic carbocycles. The molecule has 4 N–H and O–H groups in total. The second-order valence-electron chi connectivity index (χ2n) is 6.42. The number of rotatable bonds is 5. The summed E-state index contributed by atoms with van der Waals surface area (Å²) >= 11 is 0. The first kappa shape index (κ1) is 20.4. The molecule has 0 amide bonds. The summed E-state index contributed by atoms with van der Waals surface area (Å²) in [7, 11) is 1.32. The van der Waals surface area contributed by atoms with Gasteiger partial charge in [-0.15, -0.1) is 0 Å². The molecule has 0 radical (unpaired) electrons. The van der Waals surface area contributed by atoms with E-state index in [0.29, 0.717) is 6.42 Å². The molecule has 1 fully saturated rings. The highest BCUT2D eigenvalue weighted by Gasteiger charge is 2.50. The minimum atomic E-state index is -4.93. The molecule has 1 aliphatic heterocycles. The van der Waals surface area contributed by atoms with Gasteiger partial charge in [-0.1, -0.05) is 6.92 Å². The Morgan fingerprint density at radius 1 is 1.43 bits per heavy atom. The number of fused-ring (bicyclic) bond motifs is 1. The number of aliphatic hydroxyl groups excluding tert-OH is 2. The molecular weight excluding hydrogens is 387 g/mol. The Hall–Kier alpha value is -2.38. The number of halogens is 3. The number of aliphatic hydroxyl groups is 2. The smallest absolute Gasteiger partial charge is 0.416 e. The van der Waals surface area contributed by atoms with Crippen molar-refractivity contribution in [1.29, 1.82) is 0 Å². The van der Waals surface area contributed by atoms with Crippen molar-refractivity contribution in [1.82, 2.24) is 19.1 Å². The van der Waals surface area contributed by atoms with E-state index >= 15 is 0 Å². The first-order chi connectivity index (χ1) is 13.1. The lowest BCUT2D eigenvalue weighted by Crippen LogP contribution is -2.39. The van der Waals surface area contributed by atoms with Gasteiger partial charge in [-0.3, -0.25) is 4.57 Å². The SMILES string of the molecule is CCCn1c(=O)n([C@@H]2O[C@H](C(O)C(F)(F)F)C[C@H]2O)c2nc(N)nc(OC)c21. The Morgan fingerprint density at radius 2 is 2.11 bits per heavy atom. The van der Waals surface area contributed by atoms with Crippen LogP contribution in [0.2, 0.25) is 0 Å². The van der Waals surface area contributed by atoms with Crippen molar-refractivity contribution < 1.29 is 32.9 Å². The molecule has 10 nitrogen and oxygen atoms in total. The summed E-state index contributed by atoms with van der Waals surface area (Å²) in [5, 5.41) is 19.7. The third-order valence-electron chi connectivity index (χ3n) is 4.49. The quantitative estimate of drug-likeness (QED) is 0.638. The number of methoxy groups -OCH3 is 1. The Balaban J connectivity index is 2.14. The van der Waals surface area contributed by atoms with Crippen LogP contribution in [-0.4, -0.2) is 60.9 Å². The summed E-state index contributed by atoms with van der Waals surface area (Å²) in [6.45, 7) is 2.06. The predicted molar refractivity (Wildman–Crippen MR) is 89.6 cm³/mol. The minimum Gasteiger partial charge on any atom is -0.479 e. The fourth-order valence-corrected chi connectivity index (χ4v) is 3.29. The van der Waals surface area contributed by atoms with E-state index in [-0.39, 0.29) is 29.5 Å². The van der Waals surface area contributed by atoms with Crippen LogP contribution in [0.1, 0.15) is 26.0 Å². The van der Waals surface area contributed by atoms with Crippen LogP contribution in [0.5, 0.6) is 5.88 Å². The van der Waals surface area contributed by atoms with Gasteiger partial charge in [0.1, 0.15) is 6.10 Å². The Morgan fingerprint density at radius 3 is 2.68 bits per heavy atom. The van der Waals surface area contributed by atoms with Crippen LogP contribution in [-0.2, 0) is 11.3 Å². The number of alkyl halides is 3. The zero-order valence-corrected chi connectivity index (χ0v) is 15.0. The van der Waals surface area contributed by atoms with Gasteiger partial charge in [0.05, 0.1) is 13.2 Å². The van der Waals surface area contributed by atoms with Crippen molar-refractivity contribution in [3.8, 4) is 5.88 Å². The van der Waals surface area contributed by atoms with Crippen molar-refractivity contribution in [2.24, 2.45) is 0 Å². The maximum atomic E-state index is 12.9. The van der Waals surface area contributed by atoms with Gasteiger partial charge in [0.2, 0.25) is 11.8 Å². The van der Waals surface area contributed by atoms with Crippen LogP contribution in [0.3, 0.4) is 0 Å². The maximum Gasteiger partial charge on any atom is 0.416 e. The molecule has 0 saturated carbocycles. The van der Waals surface area contributed by atoms with E-state index in [9.17, 15) is 28.2 Å². The molecule has 2 aromatic heterocycles. The van der Waals surface area contributed by atoms with Crippen molar-refractivity contribution in [2.45, 2.75) is 57.0 Å². The lowest BCUT2D eigenvalue weighted by atomic mass is 10.1. The monoisotopic (exact) mass is 407 g/mol. The molecule has 0 bridgehead atoms. The first-order valence-corrected chi connectivity index (χ1v) is 8.50. The van der Waals surface area contributed by atoms with E-state index in [2.05, 4.69) is 9.97 Å². The van der Waals surface area contributed by atoms with Gasteiger partial charge >= 0.3 is 11.9 Å². The summed E-state index contributed by atoms with van der Waals surface area (Å²) < 4.78 is 51.0. The average Bonchev–Trinajstić information content (AvgIpc) is 3.11. The van der Waals surface area contributed by atoms with Crippen molar-refractivity contribution in [2.75, 3.05) is 12.8 Å². The number of ether oxygens (including phenoxy) is 2. The van der Waals surface area contributed by atoms with Crippen molar-refractivity contribution in [3.05, 3.63) is 10.5 Å². The molecule has 0 aliphatic carbocycles. The summed E-state index contributed by atoms with van der Waals surface area (Å²) in [5.74, 6) is -0.225. The van der Waals surface area contributed by atoms with Crippen LogP contribution in [0.4, 0.5) is 19.1 Å². The largest absolute Gasteiger partial charge is 0.479 e. The Labute approximate surface area is 156 Å². The molecule has 2 aromatic rings. The van der Waals surface area contributed by atoms with Gasteiger partial charge in [-0.25, -0.2) is 9.36 Å². The number of imidazole rings is 1. The van der Waals surface area contributed by atoms with Crippen LogP contribution >= 0.6 is 0 Å². The van der Waals surface area contributed by atoms with E-state index < -0.39 is 42.8 Å². The zero-order chi connectivity index (χ0) is 20.8. The van der Waals surface area contributed by atoms with Gasteiger partial charge in [0, 0.05) is 13.0 Å². The number of aromatic nitrogens is 4. The number of aryl methyl sites for hydroxylation is 1. The highest BCUT2D eigenvalue weighted by molar-refractivity contribution is 5.78. The minimum absolute atomic E-state index is 0.00571. The highest BCUT2D eigenvalue weighted by Crippen LogP contribution is 2.37. The van der Waals surface area contributed by atoms with Crippen LogP contribution in [0.25, 0.3) is 11.2 Å². The normalized spacial score (nSPS) is 24.0. The number of nitrogens with zero attached hydrogens (tertiary/aromatic N) is 4. The number of anilines is 1. The molecular formula is C15H20F3N5O5. The summed E-state index contributed by atoms with van der Waals surface area (Å²) in [4.78, 5) is 20.9. The van der Waals surface area contributed by atoms with E-state index in [4.69, 9.17) is 15.2 Å². The number of nitrogens with two attached hydrogens (primary N) is 1. The first-order valence-electron chi connectivity index (χ1n) is 8.50. The molecule has 1 unspecified atom stereocenters. The van der Waals surface area contributed by atoms with Gasteiger partial charge in [0.15, 0.2) is 23.5 Å². The average molecular weight is 407 g/mol. The standard InChI is InChI=1S/C15H20F3N5O5/c1-3-4-22-8-10(20-13(19)21-11(8)27-2)23(14(22)26)12-6(24)5-7(28-12)9(25)15(16,17)18/h6-7,9,12,24-25H,3-5H2,1-2H3,(H2,19,20,21)/t6-,7+,9?,12-/m1/s1. The number of nitrogen functional groups attached to an aromatic ring is 1. The molecule has 13 heteroatoms. The highest BCUT2D eigenvalue weighted by atomic mass is 19.4. The van der Waals surface area contributed by atoms with Crippen molar-refractivity contribution >= 4 is 17.1 Å². The third kappa shape index (κ3) is 3.29. The van der Waals surface area contributed by atoms with Crippen LogP contribution < -0.4 is 16.2 Å². The molecule has 0 spiro atoms. The molecule has 4 atom stereocenters. The molecule has 156 valence electrons. The zero-order valence-electron chi connectivity index (χ0n) is 15.0.